The molecule has 9 nitrogen and oxygen atoms in total. The fraction of sp³-hybridized carbons (Fsp3) is 0.529. The van der Waals surface area contributed by atoms with Crippen LogP contribution in [0.4, 0.5) is 0 Å². The summed E-state index contributed by atoms with van der Waals surface area (Å²) in [6.45, 7) is 5.70. The molecule has 0 radical (unpaired) electrons. The van der Waals surface area contributed by atoms with E-state index in [1.165, 1.54) is 21.1 Å². The number of amides is 1. The van der Waals surface area contributed by atoms with E-state index in [9.17, 15) is 19.5 Å². The summed E-state index contributed by atoms with van der Waals surface area (Å²) in [5, 5.41) is 13.6. The summed E-state index contributed by atoms with van der Waals surface area (Å²) in [6, 6.07) is 1.43. The third kappa shape index (κ3) is 2.78. The lowest BCUT2D eigenvalue weighted by Crippen LogP contribution is -2.37. The van der Waals surface area contributed by atoms with Crippen LogP contribution in [0.2, 0.25) is 0 Å². The normalized spacial score (nSPS) is 15.1. The number of rotatable bonds is 6. The van der Waals surface area contributed by atoms with Gasteiger partial charge in [0.1, 0.15) is 17.9 Å². The molecule has 2 aromatic heterocycles. The minimum absolute atomic E-state index is 0.0661. The highest BCUT2D eigenvalue weighted by Crippen LogP contribution is 2.25. The summed E-state index contributed by atoms with van der Waals surface area (Å²) in [5.74, 6) is -1.39. The molecule has 1 amide bonds. The monoisotopic (exact) mass is 362 g/mol. The Hall–Kier alpha value is -2.68. The molecule has 9 heteroatoms. The van der Waals surface area contributed by atoms with E-state index in [1.54, 1.807) is 6.07 Å². The second-order valence-electron chi connectivity index (χ2n) is 6.84. The summed E-state index contributed by atoms with van der Waals surface area (Å²) in [4.78, 5) is 38.7. The molecular weight excluding hydrogens is 340 g/mol. The lowest BCUT2D eigenvalue weighted by molar-refractivity contribution is -0.137. The Morgan fingerprint density at radius 2 is 2.04 bits per heavy atom. The van der Waals surface area contributed by atoms with Crippen LogP contribution < -0.4 is 5.56 Å². The molecule has 0 bridgehead atoms. The summed E-state index contributed by atoms with van der Waals surface area (Å²) >= 11 is 0. The fourth-order valence-electron chi connectivity index (χ4n) is 3.27. The number of fused-ring (bicyclic) bond motifs is 2. The van der Waals surface area contributed by atoms with Crippen molar-refractivity contribution < 1.29 is 19.4 Å². The number of hydrogen-bond acceptors (Lipinski definition) is 5. The van der Waals surface area contributed by atoms with Gasteiger partial charge < -0.3 is 19.3 Å². The van der Waals surface area contributed by atoms with Gasteiger partial charge in [0, 0.05) is 13.2 Å². The van der Waals surface area contributed by atoms with E-state index in [0.29, 0.717) is 17.9 Å². The van der Waals surface area contributed by atoms with Crippen molar-refractivity contribution in [2.24, 2.45) is 0 Å². The van der Waals surface area contributed by atoms with Crippen molar-refractivity contribution in [3.05, 3.63) is 33.4 Å². The lowest BCUT2D eigenvalue weighted by Gasteiger charge is -2.23. The topological polar surface area (TPSA) is 106 Å². The van der Waals surface area contributed by atoms with Crippen LogP contribution in [-0.2, 0) is 22.6 Å². The first kappa shape index (κ1) is 18.1. The first-order chi connectivity index (χ1) is 12.3. The van der Waals surface area contributed by atoms with Gasteiger partial charge in [0.2, 0.25) is 0 Å². The number of nitrogens with zero attached hydrogens (tertiary/aromatic N) is 4. The minimum atomic E-state index is -1.10. The molecule has 2 aromatic rings. The highest BCUT2D eigenvalue weighted by atomic mass is 16.5. The Bertz CT molecular complexity index is 943. The van der Waals surface area contributed by atoms with E-state index >= 15 is 0 Å². The van der Waals surface area contributed by atoms with Crippen molar-refractivity contribution >= 4 is 17.5 Å². The van der Waals surface area contributed by atoms with Crippen LogP contribution >= 0.6 is 0 Å². The average molecular weight is 362 g/mol. The zero-order chi connectivity index (χ0) is 19.2. The smallest absolute Gasteiger partial charge is 0.323 e. The second-order valence-corrected chi connectivity index (χ2v) is 6.84. The number of ether oxygens (including phenoxy) is 1. The van der Waals surface area contributed by atoms with Gasteiger partial charge in [-0.2, -0.15) is 9.61 Å². The molecular formula is C17H22N4O5. The first-order valence-corrected chi connectivity index (χ1v) is 8.43. The van der Waals surface area contributed by atoms with Gasteiger partial charge in [0.25, 0.3) is 11.5 Å². The van der Waals surface area contributed by atoms with Gasteiger partial charge in [-0.15, -0.1) is 0 Å². The first-order valence-electron chi connectivity index (χ1n) is 8.43. The van der Waals surface area contributed by atoms with E-state index in [1.807, 2.05) is 20.8 Å². The highest BCUT2D eigenvalue weighted by Gasteiger charge is 2.37. The molecule has 1 N–H and O–H groups in total. The minimum Gasteiger partial charge on any atom is -0.480 e. The maximum Gasteiger partial charge on any atom is 0.323 e. The Balaban J connectivity index is 2.24. The molecule has 1 atom stereocenters. The Labute approximate surface area is 149 Å². The number of hydrogen-bond donors (Lipinski definition) is 1. The van der Waals surface area contributed by atoms with Crippen LogP contribution in [0.5, 0.6) is 0 Å². The van der Waals surface area contributed by atoms with Crippen LogP contribution in [0.1, 0.15) is 48.4 Å². The van der Waals surface area contributed by atoms with Gasteiger partial charge in [-0.25, -0.2) is 0 Å². The van der Waals surface area contributed by atoms with Gasteiger partial charge in [-0.1, -0.05) is 13.8 Å². The van der Waals surface area contributed by atoms with Crippen LogP contribution in [0, 0.1) is 0 Å². The van der Waals surface area contributed by atoms with Crippen molar-refractivity contribution in [1.82, 2.24) is 19.1 Å². The molecule has 140 valence electrons. The van der Waals surface area contributed by atoms with Gasteiger partial charge in [0.05, 0.1) is 30.5 Å². The van der Waals surface area contributed by atoms with Crippen molar-refractivity contribution in [2.45, 2.75) is 45.8 Å². The Morgan fingerprint density at radius 3 is 2.62 bits per heavy atom. The second kappa shape index (κ2) is 6.56. The number of carboxylic acid groups (broad SMARTS) is 1. The standard InChI is InChI=1S/C17H22N4O5/c1-9(2)12-5-13-20(7-14(22)23)15-11(16(24)21(13)18-12)6-19(17(15)25)10(3)8-26-4/h5,9-10H,6-8H2,1-4H3,(H,22,23)/t10-/m1/s1. The summed E-state index contributed by atoms with van der Waals surface area (Å²) in [5.41, 5.74) is 0.994. The predicted molar refractivity (Wildman–Crippen MR) is 92.4 cm³/mol. The van der Waals surface area contributed by atoms with Crippen molar-refractivity contribution in [3.8, 4) is 0 Å². The molecule has 1 aliphatic heterocycles. The number of aromatic nitrogens is 3. The van der Waals surface area contributed by atoms with Gasteiger partial charge >= 0.3 is 5.97 Å². The largest absolute Gasteiger partial charge is 0.480 e. The maximum absolute atomic E-state index is 12.9. The number of carbonyl (C=O) groups excluding carboxylic acids is 1. The molecule has 0 unspecified atom stereocenters. The molecule has 3 heterocycles. The van der Waals surface area contributed by atoms with E-state index < -0.39 is 12.5 Å². The van der Waals surface area contributed by atoms with Crippen LogP contribution in [0.15, 0.2) is 10.9 Å². The lowest BCUT2D eigenvalue weighted by atomic mass is 10.1. The summed E-state index contributed by atoms with van der Waals surface area (Å²) < 4.78 is 7.68. The average Bonchev–Trinajstić information content (AvgIpc) is 3.14. The number of aliphatic carboxylic acids is 1. The quantitative estimate of drug-likeness (QED) is 0.811. The zero-order valence-corrected chi connectivity index (χ0v) is 15.2. The molecule has 0 saturated heterocycles. The molecule has 0 aromatic carbocycles. The molecule has 1 aliphatic rings. The summed E-state index contributed by atoms with van der Waals surface area (Å²) in [6.07, 6.45) is 0. The van der Waals surface area contributed by atoms with Crippen molar-refractivity contribution in [2.75, 3.05) is 13.7 Å². The van der Waals surface area contributed by atoms with E-state index in [-0.39, 0.29) is 41.2 Å². The Morgan fingerprint density at radius 1 is 1.35 bits per heavy atom. The molecule has 0 spiro atoms. The third-order valence-corrected chi connectivity index (χ3v) is 4.61. The molecule has 0 fully saturated rings. The van der Waals surface area contributed by atoms with E-state index in [4.69, 9.17) is 4.74 Å². The fourth-order valence-corrected chi connectivity index (χ4v) is 3.27. The molecule has 0 aliphatic carbocycles. The van der Waals surface area contributed by atoms with E-state index in [2.05, 4.69) is 5.10 Å². The number of methoxy groups -OCH3 is 1. The van der Waals surface area contributed by atoms with Crippen LogP contribution in [0.25, 0.3) is 5.65 Å². The highest BCUT2D eigenvalue weighted by molar-refractivity contribution is 5.97. The van der Waals surface area contributed by atoms with Crippen LogP contribution in [-0.4, -0.2) is 55.8 Å². The van der Waals surface area contributed by atoms with Gasteiger partial charge in [-0.05, 0) is 12.8 Å². The summed E-state index contributed by atoms with van der Waals surface area (Å²) in [7, 11) is 1.54. The number of carbonyl (C=O) groups is 2. The SMILES string of the molecule is COC[C@@H](C)N1Cc2c(n(CC(=O)O)c3cc(C(C)C)nn3c2=O)C1=O. The molecule has 0 saturated carbocycles. The van der Waals surface area contributed by atoms with Crippen molar-refractivity contribution in [1.29, 1.82) is 0 Å². The van der Waals surface area contributed by atoms with Gasteiger partial charge in [0.15, 0.2) is 0 Å². The zero-order valence-electron chi connectivity index (χ0n) is 15.2. The molecule has 26 heavy (non-hydrogen) atoms. The molecule has 3 rings (SSSR count). The number of carboxylic acids is 1. The van der Waals surface area contributed by atoms with E-state index in [0.717, 1.165) is 0 Å². The third-order valence-electron chi connectivity index (χ3n) is 4.61. The van der Waals surface area contributed by atoms with Crippen LogP contribution in [0.3, 0.4) is 0 Å². The predicted octanol–water partition coefficient (Wildman–Crippen LogP) is 0.695. The Kier molecular flexibility index (Phi) is 4.57. The van der Waals surface area contributed by atoms with Gasteiger partial charge in [-0.3, -0.25) is 14.4 Å². The van der Waals surface area contributed by atoms with Crippen molar-refractivity contribution in [3.63, 3.8) is 0 Å². The maximum atomic E-state index is 12.9.